The first-order valence-corrected chi connectivity index (χ1v) is 7.85. The van der Waals surface area contributed by atoms with E-state index in [0.717, 1.165) is 4.90 Å². The Labute approximate surface area is 137 Å². The van der Waals surface area contributed by atoms with Crippen LogP contribution in [-0.4, -0.2) is 17.9 Å². The van der Waals surface area contributed by atoms with Crippen LogP contribution in [0.2, 0.25) is 10.0 Å². The summed E-state index contributed by atoms with van der Waals surface area (Å²) in [7, 11) is 0. The van der Waals surface area contributed by atoms with E-state index in [4.69, 9.17) is 23.2 Å². The van der Waals surface area contributed by atoms with Crippen molar-refractivity contribution in [3.05, 3.63) is 64.1 Å². The zero-order valence-corrected chi connectivity index (χ0v) is 13.3. The van der Waals surface area contributed by atoms with Gasteiger partial charge in [0, 0.05) is 10.5 Å². The molecule has 0 saturated heterocycles. The monoisotopic (exact) mass is 338 g/mol. The van der Waals surface area contributed by atoms with Crippen molar-refractivity contribution in [1.82, 2.24) is 5.43 Å². The molecule has 0 spiro atoms. The van der Waals surface area contributed by atoms with Crippen molar-refractivity contribution in [2.24, 2.45) is 5.10 Å². The third-order valence-electron chi connectivity index (χ3n) is 2.50. The number of hydrazone groups is 1. The molecule has 0 saturated carbocycles. The highest BCUT2D eigenvalue weighted by molar-refractivity contribution is 8.00. The molecule has 21 heavy (non-hydrogen) atoms. The van der Waals surface area contributed by atoms with Crippen LogP contribution in [0.25, 0.3) is 0 Å². The first kappa shape index (κ1) is 15.9. The van der Waals surface area contributed by atoms with Crippen molar-refractivity contribution >= 4 is 47.1 Å². The van der Waals surface area contributed by atoms with Crippen LogP contribution in [-0.2, 0) is 4.79 Å². The van der Waals surface area contributed by atoms with E-state index in [1.165, 1.54) is 18.0 Å². The third-order valence-corrected chi connectivity index (χ3v) is 4.17. The van der Waals surface area contributed by atoms with E-state index in [1.54, 1.807) is 18.2 Å². The molecule has 0 aliphatic heterocycles. The van der Waals surface area contributed by atoms with Crippen LogP contribution in [0.3, 0.4) is 0 Å². The van der Waals surface area contributed by atoms with Crippen LogP contribution in [0, 0.1) is 0 Å². The molecule has 2 aromatic rings. The third kappa shape index (κ3) is 5.08. The van der Waals surface area contributed by atoms with Crippen molar-refractivity contribution in [1.29, 1.82) is 0 Å². The number of amides is 1. The number of halogens is 2. The van der Waals surface area contributed by atoms with Gasteiger partial charge in [0.1, 0.15) is 0 Å². The van der Waals surface area contributed by atoms with Gasteiger partial charge in [0.05, 0.1) is 22.0 Å². The fourth-order valence-corrected chi connectivity index (χ4v) is 2.71. The van der Waals surface area contributed by atoms with Gasteiger partial charge in [-0.25, -0.2) is 5.43 Å². The summed E-state index contributed by atoms with van der Waals surface area (Å²) < 4.78 is 0. The van der Waals surface area contributed by atoms with E-state index in [-0.39, 0.29) is 11.7 Å². The second-order valence-corrected chi connectivity index (χ2v) is 5.89. The lowest BCUT2D eigenvalue weighted by atomic mass is 10.2. The predicted octanol–water partition coefficient (Wildman–Crippen LogP) is 4.24. The highest BCUT2D eigenvalue weighted by atomic mass is 35.5. The zero-order chi connectivity index (χ0) is 15.1. The quantitative estimate of drug-likeness (QED) is 0.503. The average Bonchev–Trinajstić information content (AvgIpc) is 2.49. The van der Waals surface area contributed by atoms with Crippen LogP contribution < -0.4 is 5.43 Å². The van der Waals surface area contributed by atoms with Gasteiger partial charge in [-0.3, -0.25) is 4.79 Å². The van der Waals surface area contributed by atoms with Crippen molar-refractivity contribution < 1.29 is 4.79 Å². The maximum Gasteiger partial charge on any atom is 0.250 e. The molecule has 0 fully saturated rings. The second kappa shape index (κ2) is 8.08. The van der Waals surface area contributed by atoms with Gasteiger partial charge < -0.3 is 0 Å². The molecule has 0 aliphatic rings. The Morgan fingerprint density at radius 2 is 1.76 bits per heavy atom. The average molecular weight is 339 g/mol. The van der Waals surface area contributed by atoms with Crippen molar-refractivity contribution in [2.45, 2.75) is 4.90 Å². The Morgan fingerprint density at radius 1 is 1.10 bits per heavy atom. The first-order chi connectivity index (χ1) is 10.2. The van der Waals surface area contributed by atoms with Gasteiger partial charge in [-0.05, 0) is 24.3 Å². The van der Waals surface area contributed by atoms with Gasteiger partial charge >= 0.3 is 0 Å². The van der Waals surface area contributed by atoms with E-state index in [0.29, 0.717) is 15.6 Å². The summed E-state index contributed by atoms with van der Waals surface area (Å²) in [5, 5.41) is 4.84. The Bertz CT molecular complexity index is 627. The van der Waals surface area contributed by atoms with Crippen LogP contribution in [0.15, 0.2) is 58.5 Å². The van der Waals surface area contributed by atoms with Crippen LogP contribution >= 0.6 is 35.0 Å². The van der Waals surface area contributed by atoms with Crippen molar-refractivity contribution in [2.75, 3.05) is 5.75 Å². The molecule has 0 atom stereocenters. The fourth-order valence-electron chi connectivity index (χ4n) is 1.50. The topological polar surface area (TPSA) is 41.5 Å². The molecule has 0 heterocycles. The molecule has 0 aromatic heterocycles. The molecule has 0 radical (unpaired) electrons. The van der Waals surface area contributed by atoms with Crippen LogP contribution in [0.5, 0.6) is 0 Å². The van der Waals surface area contributed by atoms with Crippen molar-refractivity contribution in [3.63, 3.8) is 0 Å². The summed E-state index contributed by atoms with van der Waals surface area (Å²) in [5.74, 6) is 0.0979. The Morgan fingerprint density at radius 3 is 2.43 bits per heavy atom. The molecule has 2 rings (SSSR count). The molecule has 0 aliphatic carbocycles. The Balaban J connectivity index is 1.85. The molecule has 6 heteroatoms. The molecule has 1 amide bonds. The maximum atomic E-state index is 11.7. The molecule has 108 valence electrons. The lowest BCUT2D eigenvalue weighted by Gasteiger charge is -2.02. The molecule has 0 unspecified atom stereocenters. The first-order valence-electron chi connectivity index (χ1n) is 6.10. The van der Waals surface area contributed by atoms with Crippen LogP contribution in [0.4, 0.5) is 0 Å². The highest BCUT2D eigenvalue weighted by Crippen LogP contribution is 2.22. The number of thioether (sulfide) groups is 1. The largest absolute Gasteiger partial charge is 0.272 e. The fraction of sp³-hybridized carbons (Fsp3) is 0.0667. The minimum Gasteiger partial charge on any atom is -0.272 e. The zero-order valence-electron chi connectivity index (χ0n) is 10.9. The summed E-state index contributed by atoms with van der Waals surface area (Å²) in [4.78, 5) is 12.7. The predicted molar refractivity (Wildman–Crippen MR) is 89.4 cm³/mol. The summed E-state index contributed by atoms with van der Waals surface area (Å²) in [6.07, 6.45) is 1.44. The number of hydrogen-bond donors (Lipinski definition) is 1. The van der Waals surface area contributed by atoms with E-state index in [1.807, 2.05) is 30.3 Å². The minimum absolute atomic E-state index is 0.191. The molecular weight excluding hydrogens is 327 g/mol. The minimum atomic E-state index is -0.191. The van der Waals surface area contributed by atoms with Crippen LogP contribution in [0.1, 0.15) is 5.56 Å². The number of carbonyl (C=O) groups excluding carboxylic acids is 1. The lowest BCUT2D eigenvalue weighted by Crippen LogP contribution is -2.19. The number of nitrogens with zero attached hydrogens (tertiary/aromatic N) is 1. The summed E-state index contributed by atoms with van der Waals surface area (Å²) in [6.45, 7) is 0. The Kier molecular flexibility index (Phi) is 6.11. The maximum absolute atomic E-state index is 11.7. The van der Waals surface area contributed by atoms with Crippen molar-refractivity contribution in [3.8, 4) is 0 Å². The summed E-state index contributed by atoms with van der Waals surface area (Å²) >= 11 is 13.4. The second-order valence-electron chi connectivity index (χ2n) is 4.03. The normalized spacial score (nSPS) is 10.8. The standard InChI is InChI=1S/C15H12Cl2N2OS/c16-13-7-4-8-14(17)12(13)9-18-19-15(20)10-21-11-5-2-1-3-6-11/h1-9H,10H2,(H,19,20)/b18-9+. The molecule has 2 aromatic carbocycles. The molecule has 0 bridgehead atoms. The van der Waals surface area contributed by atoms with E-state index < -0.39 is 0 Å². The number of hydrogen-bond acceptors (Lipinski definition) is 3. The van der Waals surface area contributed by atoms with Gasteiger partial charge in [-0.1, -0.05) is 47.5 Å². The lowest BCUT2D eigenvalue weighted by molar-refractivity contribution is -0.118. The Hall–Kier alpha value is -1.49. The molecule has 3 nitrogen and oxygen atoms in total. The summed E-state index contributed by atoms with van der Waals surface area (Å²) in [6, 6.07) is 14.9. The number of benzene rings is 2. The SMILES string of the molecule is O=C(CSc1ccccc1)N/N=C/c1c(Cl)cccc1Cl. The highest BCUT2D eigenvalue weighted by Gasteiger charge is 2.03. The van der Waals surface area contributed by atoms with E-state index >= 15 is 0 Å². The molecular formula is C15H12Cl2N2OS. The van der Waals surface area contributed by atoms with Gasteiger partial charge in [0.2, 0.25) is 5.91 Å². The number of nitrogens with one attached hydrogen (secondary N) is 1. The van der Waals surface area contributed by atoms with Gasteiger partial charge in [-0.15, -0.1) is 11.8 Å². The van der Waals surface area contributed by atoms with E-state index in [2.05, 4.69) is 10.5 Å². The van der Waals surface area contributed by atoms with Gasteiger partial charge in [-0.2, -0.15) is 5.10 Å². The number of carbonyl (C=O) groups is 1. The summed E-state index contributed by atoms with van der Waals surface area (Å²) in [5.41, 5.74) is 3.03. The number of rotatable bonds is 5. The smallest absolute Gasteiger partial charge is 0.250 e. The van der Waals surface area contributed by atoms with Gasteiger partial charge in [0.25, 0.3) is 0 Å². The molecule has 1 N–H and O–H groups in total. The van der Waals surface area contributed by atoms with Gasteiger partial charge in [0.15, 0.2) is 0 Å². The van der Waals surface area contributed by atoms with E-state index in [9.17, 15) is 4.79 Å².